The van der Waals surface area contributed by atoms with E-state index in [0.29, 0.717) is 22.9 Å². The van der Waals surface area contributed by atoms with Gasteiger partial charge < -0.3 is 14.4 Å². The highest BCUT2D eigenvalue weighted by Gasteiger charge is 2.59. The van der Waals surface area contributed by atoms with Crippen LogP contribution < -0.4 is 0 Å². The number of ether oxygens (including phenoxy) is 2. The van der Waals surface area contributed by atoms with Crippen LogP contribution in [0.5, 0.6) is 0 Å². The van der Waals surface area contributed by atoms with Gasteiger partial charge in [0.2, 0.25) is 0 Å². The summed E-state index contributed by atoms with van der Waals surface area (Å²) >= 11 is 0. The average molecular weight is 792 g/mol. The maximum atomic E-state index is 6.66. The van der Waals surface area contributed by atoms with E-state index < -0.39 is 0 Å². The van der Waals surface area contributed by atoms with Gasteiger partial charge in [-0.1, -0.05) is 142 Å². The third-order valence-electron chi connectivity index (χ3n) is 16.1. The maximum absolute atomic E-state index is 6.66. The number of hydrogen-bond donors (Lipinski definition) is 0. The van der Waals surface area contributed by atoms with Gasteiger partial charge in [-0.15, -0.1) is 0 Å². The van der Waals surface area contributed by atoms with E-state index in [-0.39, 0.29) is 0 Å². The minimum Gasteiger partial charge on any atom is -0.381 e. The molecular formula is C54H97NO2. The minimum atomic E-state index is 0.423. The fourth-order valence-corrected chi connectivity index (χ4v) is 12.8. The molecule has 6 unspecified atom stereocenters. The topological polar surface area (TPSA) is 21.7 Å². The van der Waals surface area contributed by atoms with E-state index in [4.69, 9.17) is 9.47 Å². The summed E-state index contributed by atoms with van der Waals surface area (Å²) in [7, 11) is 4.43. The van der Waals surface area contributed by atoms with Gasteiger partial charge in [0.1, 0.15) is 0 Å². The van der Waals surface area contributed by atoms with Crippen molar-refractivity contribution in [1.82, 2.24) is 4.90 Å². The summed E-state index contributed by atoms with van der Waals surface area (Å²) in [5, 5.41) is 0. The van der Waals surface area contributed by atoms with Crippen molar-refractivity contribution in [3.05, 3.63) is 36.0 Å². The zero-order valence-electron chi connectivity index (χ0n) is 39.5. The molecule has 0 aliphatic heterocycles. The molecule has 0 spiro atoms. The van der Waals surface area contributed by atoms with Crippen molar-refractivity contribution in [3.63, 3.8) is 0 Å². The third-order valence-corrected chi connectivity index (χ3v) is 16.1. The average Bonchev–Trinajstić information content (AvgIpc) is 3.54. The number of fused-ring (bicyclic) bond motifs is 5. The van der Waals surface area contributed by atoms with Crippen LogP contribution in [-0.2, 0) is 9.47 Å². The third kappa shape index (κ3) is 15.8. The molecule has 0 aromatic carbocycles. The van der Waals surface area contributed by atoms with Crippen LogP contribution >= 0.6 is 0 Å². The first-order chi connectivity index (χ1) is 27.6. The molecule has 3 fully saturated rings. The second-order valence-electron chi connectivity index (χ2n) is 21.3. The number of allylic oxidation sites excluding steroid dienone is 5. The van der Waals surface area contributed by atoms with Crippen LogP contribution in [0.15, 0.2) is 36.0 Å². The van der Waals surface area contributed by atoms with E-state index in [9.17, 15) is 0 Å². The van der Waals surface area contributed by atoms with Gasteiger partial charge in [-0.2, -0.15) is 0 Å². The van der Waals surface area contributed by atoms with Gasteiger partial charge in [0.15, 0.2) is 0 Å². The fourth-order valence-electron chi connectivity index (χ4n) is 12.8. The maximum Gasteiger partial charge on any atom is 0.0612 e. The number of nitrogens with zero attached hydrogens (tertiary/aromatic N) is 1. The van der Waals surface area contributed by atoms with Gasteiger partial charge in [0.25, 0.3) is 0 Å². The molecule has 3 heteroatoms. The van der Waals surface area contributed by atoms with Crippen molar-refractivity contribution in [2.24, 2.45) is 52.3 Å². The first-order valence-electron chi connectivity index (χ1n) is 25.4. The van der Waals surface area contributed by atoms with Crippen molar-refractivity contribution >= 4 is 0 Å². The molecule has 57 heavy (non-hydrogen) atoms. The van der Waals surface area contributed by atoms with E-state index in [1.807, 2.05) is 0 Å². The van der Waals surface area contributed by atoms with Gasteiger partial charge >= 0.3 is 0 Å². The Morgan fingerprint density at radius 1 is 0.737 bits per heavy atom. The highest BCUT2D eigenvalue weighted by Crippen LogP contribution is 2.67. The van der Waals surface area contributed by atoms with Gasteiger partial charge in [-0.25, -0.2) is 0 Å². The van der Waals surface area contributed by atoms with Crippen LogP contribution in [0, 0.1) is 52.3 Å². The van der Waals surface area contributed by atoms with E-state index >= 15 is 0 Å². The molecule has 0 saturated heterocycles. The van der Waals surface area contributed by atoms with Crippen LogP contribution in [-0.4, -0.2) is 51.5 Å². The van der Waals surface area contributed by atoms with E-state index in [0.717, 1.165) is 68.3 Å². The van der Waals surface area contributed by atoms with Gasteiger partial charge in [0, 0.05) is 19.8 Å². The van der Waals surface area contributed by atoms with Crippen LogP contribution in [0.1, 0.15) is 208 Å². The van der Waals surface area contributed by atoms with Crippen LogP contribution in [0.4, 0.5) is 0 Å². The highest BCUT2D eigenvalue weighted by molar-refractivity contribution is 5.25. The summed E-state index contributed by atoms with van der Waals surface area (Å²) in [6, 6.07) is 0. The van der Waals surface area contributed by atoms with Gasteiger partial charge in [-0.05, 0) is 169 Å². The van der Waals surface area contributed by atoms with Crippen LogP contribution in [0.25, 0.3) is 0 Å². The van der Waals surface area contributed by atoms with Crippen LogP contribution in [0.2, 0.25) is 0 Å². The fraction of sp³-hybridized carbons (Fsp3) is 0.889. The zero-order chi connectivity index (χ0) is 40.9. The lowest BCUT2D eigenvalue weighted by molar-refractivity contribution is -0.0641. The SMILES string of the molecule is CCCCC/C=C\C/C=C\CCCCCCCCOCC(CCCCO[C@H]1CC[C@@]2(C)C(=CCC3C4CCC(C(C)CCCC(C)C)[C@@]4(C)CCC32)C1)CN(C)C. The molecule has 0 radical (unpaired) electrons. The smallest absolute Gasteiger partial charge is 0.0612 e. The summed E-state index contributed by atoms with van der Waals surface area (Å²) in [4.78, 5) is 2.35. The highest BCUT2D eigenvalue weighted by atomic mass is 16.5. The zero-order valence-corrected chi connectivity index (χ0v) is 39.5. The number of hydrogen-bond acceptors (Lipinski definition) is 3. The Morgan fingerprint density at radius 2 is 1.46 bits per heavy atom. The molecular weight excluding hydrogens is 695 g/mol. The van der Waals surface area contributed by atoms with E-state index in [1.165, 1.54) is 161 Å². The minimum absolute atomic E-state index is 0.423. The lowest BCUT2D eigenvalue weighted by atomic mass is 9.47. The Bertz CT molecular complexity index is 1150. The summed E-state index contributed by atoms with van der Waals surface area (Å²) in [5.41, 5.74) is 2.79. The second-order valence-corrected chi connectivity index (χ2v) is 21.3. The lowest BCUT2D eigenvalue weighted by Crippen LogP contribution is -2.51. The monoisotopic (exact) mass is 792 g/mol. The van der Waals surface area contributed by atoms with Crippen molar-refractivity contribution in [1.29, 1.82) is 0 Å². The Kier molecular flexibility index (Phi) is 22.6. The standard InChI is InChI=1S/C54H97NO2/c1-9-10-11-12-13-14-15-16-17-18-19-20-21-22-23-25-39-56-43-46(42-55(7)8)30-24-26-40-57-48-35-37-53(5)47(41-48)31-32-49-51-34-33-50(45(4)29-27-28-44(2)3)54(51,6)38-36-52(49)53/h13-14,16-17,31,44-46,48-52H,9-12,15,18-30,32-43H2,1-8H3/b14-13-,17-16-/t45?,46?,48-,49?,50?,51?,52?,53-,54+/m0/s1. The molecule has 0 aromatic rings. The molecule has 0 bridgehead atoms. The Balaban J connectivity index is 1.05. The van der Waals surface area contributed by atoms with Gasteiger partial charge in [0.05, 0.1) is 12.7 Å². The molecule has 3 saturated carbocycles. The van der Waals surface area contributed by atoms with Crippen molar-refractivity contribution < 1.29 is 9.47 Å². The molecule has 0 heterocycles. The molecule has 0 amide bonds. The molecule has 4 rings (SSSR count). The second kappa shape index (κ2) is 26.4. The molecule has 330 valence electrons. The van der Waals surface area contributed by atoms with E-state index in [1.54, 1.807) is 5.57 Å². The van der Waals surface area contributed by atoms with Crippen molar-refractivity contribution in [2.45, 2.75) is 215 Å². The Morgan fingerprint density at radius 3 is 2.19 bits per heavy atom. The Labute approximate surface area is 356 Å². The summed E-state index contributed by atoms with van der Waals surface area (Å²) in [6.45, 7) is 19.0. The Hall–Kier alpha value is -0.900. The summed E-state index contributed by atoms with van der Waals surface area (Å²) in [6.07, 6.45) is 47.3. The molecule has 4 aliphatic carbocycles. The first kappa shape index (κ1) is 48.8. The van der Waals surface area contributed by atoms with Gasteiger partial charge in [-0.3, -0.25) is 0 Å². The lowest BCUT2D eigenvalue weighted by Gasteiger charge is -2.58. The quantitative estimate of drug-likeness (QED) is 0.0534. The largest absolute Gasteiger partial charge is 0.381 e. The molecule has 0 aromatic heterocycles. The first-order valence-corrected chi connectivity index (χ1v) is 25.4. The molecule has 3 nitrogen and oxygen atoms in total. The number of unbranched alkanes of at least 4 members (excludes halogenated alkanes) is 10. The molecule has 9 atom stereocenters. The van der Waals surface area contributed by atoms with Crippen molar-refractivity contribution in [2.75, 3.05) is 40.5 Å². The summed E-state index contributed by atoms with van der Waals surface area (Å²) in [5.74, 6) is 6.11. The predicted octanol–water partition coefficient (Wildman–Crippen LogP) is 15.6. The normalized spacial score (nSPS) is 29.9. The molecule has 4 aliphatic rings. The summed E-state index contributed by atoms with van der Waals surface area (Å²) < 4.78 is 12.9. The van der Waals surface area contributed by atoms with Crippen LogP contribution in [0.3, 0.4) is 0 Å². The molecule has 0 N–H and O–H groups in total. The predicted molar refractivity (Wildman–Crippen MR) is 249 cm³/mol. The van der Waals surface area contributed by atoms with E-state index in [2.05, 4.69) is 90.9 Å². The number of rotatable bonds is 30. The van der Waals surface area contributed by atoms with Crippen molar-refractivity contribution in [3.8, 4) is 0 Å².